The summed E-state index contributed by atoms with van der Waals surface area (Å²) in [5.74, 6) is 0. The van der Waals surface area contributed by atoms with Gasteiger partial charge in [0.15, 0.2) is 0 Å². The van der Waals surface area contributed by atoms with Gasteiger partial charge in [0.2, 0.25) is 0 Å². The maximum absolute atomic E-state index is 11.3. The minimum atomic E-state index is -0.446. The van der Waals surface area contributed by atoms with Crippen LogP contribution in [-0.4, -0.2) is 6.29 Å². The van der Waals surface area contributed by atoms with Crippen molar-refractivity contribution in [3.63, 3.8) is 0 Å². The van der Waals surface area contributed by atoms with Crippen LogP contribution in [0.5, 0.6) is 0 Å². The van der Waals surface area contributed by atoms with Gasteiger partial charge in [-0.25, -0.2) is 0 Å². The van der Waals surface area contributed by atoms with Crippen LogP contribution in [0.15, 0.2) is 103 Å². The lowest BCUT2D eigenvalue weighted by Gasteiger charge is -2.29. The summed E-state index contributed by atoms with van der Waals surface area (Å²) in [7, 11) is -0.446. The van der Waals surface area contributed by atoms with Crippen LogP contribution in [-0.2, 0) is 4.79 Å². The molecule has 0 N–H and O–H groups in total. The van der Waals surface area contributed by atoms with Crippen molar-refractivity contribution in [2.45, 2.75) is 65.7 Å². The van der Waals surface area contributed by atoms with Gasteiger partial charge in [-0.1, -0.05) is 150 Å². The number of hydrogen-bond acceptors (Lipinski definition) is 1. The molecule has 3 rings (SSSR count). The molecule has 34 heavy (non-hydrogen) atoms. The third kappa shape index (κ3) is 8.07. The molecule has 0 aliphatic rings. The number of hydrogen-bond donors (Lipinski definition) is 0. The van der Waals surface area contributed by atoms with E-state index in [0.29, 0.717) is 0 Å². The predicted octanol–water partition coefficient (Wildman–Crippen LogP) is 7.96. The van der Waals surface area contributed by atoms with E-state index in [2.05, 4.69) is 118 Å². The van der Waals surface area contributed by atoms with Crippen molar-refractivity contribution in [3.8, 4) is 0 Å². The molecule has 0 radical (unpaired) electrons. The Hall–Kier alpha value is -2.50. The Kier molecular flexibility index (Phi) is 12.6. The maximum Gasteiger partial charge on any atom is 0.130 e. The van der Waals surface area contributed by atoms with Crippen molar-refractivity contribution < 1.29 is 4.79 Å². The summed E-state index contributed by atoms with van der Waals surface area (Å²) in [6, 6.07) is 32.3. The first-order chi connectivity index (χ1) is 16.6. The SMILES string of the molecule is C=C(CCC)C(C=O)(CC)CCCCC.c1ccc(P(c2ccccc2)c2ccccc2)cc1. The summed E-state index contributed by atoms with van der Waals surface area (Å²) in [4.78, 5) is 11.3. The zero-order chi connectivity index (χ0) is 24.7. The molecule has 0 saturated heterocycles. The lowest BCUT2D eigenvalue weighted by atomic mass is 9.74. The molecule has 0 aromatic heterocycles. The third-order valence-corrected chi connectivity index (χ3v) is 8.83. The average Bonchev–Trinajstić information content (AvgIpc) is 2.89. The van der Waals surface area contributed by atoms with Crippen molar-refractivity contribution in [1.29, 1.82) is 0 Å². The second-order valence-corrected chi connectivity index (χ2v) is 11.0. The van der Waals surface area contributed by atoms with Crippen molar-refractivity contribution >= 4 is 30.1 Å². The van der Waals surface area contributed by atoms with Gasteiger partial charge in [-0.2, -0.15) is 0 Å². The van der Waals surface area contributed by atoms with Crippen molar-refractivity contribution in [3.05, 3.63) is 103 Å². The van der Waals surface area contributed by atoms with Gasteiger partial charge in [-0.15, -0.1) is 0 Å². The third-order valence-electron chi connectivity index (χ3n) is 6.38. The normalized spacial score (nSPS) is 12.4. The molecule has 0 heterocycles. The second-order valence-electron chi connectivity index (χ2n) is 8.78. The van der Waals surface area contributed by atoms with Crippen LogP contribution in [0.1, 0.15) is 65.7 Å². The van der Waals surface area contributed by atoms with E-state index in [0.717, 1.165) is 44.0 Å². The summed E-state index contributed by atoms with van der Waals surface area (Å²) in [6.07, 6.45) is 8.67. The van der Waals surface area contributed by atoms with E-state index in [1.807, 2.05) is 0 Å². The van der Waals surface area contributed by atoms with E-state index in [4.69, 9.17) is 0 Å². The van der Waals surface area contributed by atoms with Crippen LogP contribution >= 0.6 is 7.92 Å². The summed E-state index contributed by atoms with van der Waals surface area (Å²) in [6.45, 7) is 10.5. The zero-order valence-corrected chi connectivity index (χ0v) is 22.1. The molecule has 0 spiro atoms. The Morgan fingerprint density at radius 2 is 1.18 bits per heavy atom. The lowest BCUT2D eigenvalue weighted by Crippen LogP contribution is -2.24. The van der Waals surface area contributed by atoms with Gasteiger partial charge < -0.3 is 4.79 Å². The summed E-state index contributed by atoms with van der Waals surface area (Å²) >= 11 is 0. The van der Waals surface area contributed by atoms with E-state index < -0.39 is 7.92 Å². The van der Waals surface area contributed by atoms with Crippen molar-refractivity contribution in [2.24, 2.45) is 5.41 Å². The highest BCUT2D eigenvalue weighted by Gasteiger charge is 2.29. The summed E-state index contributed by atoms with van der Waals surface area (Å²) in [5.41, 5.74) is 0.907. The fourth-order valence-electron chi connectivity index (χ4n) is 4.25. The zero-order valence-electron chi connectivity index (χ0n) is 21.2. The number of unbranched alkanes of at least 4 members (excludes halogenated alkanes) is 2. The number of carbonyl (C=O) groups excluding carboxylic acids is 1. The molecular weight excluding hydrogens is 431 g/mol. The number of allylic oxidation sites excluding steroid dienone is 1. The van der Waals surface area contributed by atoms with Gasteiger partial charge in [0.1, 0.15) is 6.29 Å². The Labute approximate surface area is 209 Å². The average molecular weight is 473 g/mol. The molecule has 3 aromatic rings. The number of benzene rings is 3. The van der Waals surface area contributed by atoms with Gasteiger partial charge in [0.25, 0.3) is 0 Å². The quantitative estimate of drug-likeness (QED) is 0.113. The first kappa shape index (κ1) is 27.7. The highest BCUT2D eigenvalue weighted by atomic mass is 31.1. The molecule has 3 aromatic carbocycles. The maximum atomic E-state index is 11.3. The molecule has 0 saturated carbocycles. The van der Waals surface area contributed by atoms with E-state index in [-0.39, 0.29) is 5.41 Å². The first-order valence-electron chi connectivity index (χ1n) is 12.7. The first-order valence-corrected chi connectivity index (χ1v) is 14.1. The standard InChI is InChI=1S/C18H15P.C14H26O/c1-4-10-16(11-5-1)19(17-12-6-2-7-13-17)18-14-8-3-9-15-18;1-5-8-9-11-14(7-3,12-15)13(4)10-6-2/h1-15H;12H,4-11H2,1-3H3. The fraction of sp³-hybridized carbons (Fsp3) is 0.344. The van der Waals surface area contributed by atoms with Gasteiger partial charge in [0.05, 0.1) is 0 Å². The summed E-state index contributed by atoms with van der Waals surface area (Å²) < 4.78 is 0. The Morgan fingerprint density at radius 3 is 1.50 bits per heavy atom. The fourth-order valence-corrected chi connectivity index (χ4v) is 6.55. The molecular formula is C32H41OP. The molecule has 1 nitrogen and oxygen atoms in total. The Bertz CT molecular complexity index is 858. The molecule has 1 atom stereocenters. The number of aldehydes is 1. The van der Waals surface area contributed by atoms with Crippen LogP contribution in [0.25, 0.3) is 0 Å². The lowest BCUT2D eigenvalue weighted by molar-refractivity contribution is -0.115. The number of rotatable bonds is 12. The molecule has 180 valence electrons. The molecule has 0 bridgehead atoms. The van der Waals surface area contributed by atoms with Gasteiger partial charge >= 0.3 is 0 Å². The van der Waals surface area contributed by atoms with Gasteiger partial charge in [-0.05, 0) is 43.1 Å². The van der Waals surface area contributed by atoms with E-state index in [9.17, 15) is 4.79 Å². The van der Waals surface area contributed by atoms with E-state index >= 15 is 0 Å². The van der Waals surface area contributed by atoms with Crippen LogP contribution in [0.2, 0.25) is 0 Å². The predicted molar refractivity (Wildman–Crippen MR) is 152 cm³/mol. The van der Waals surface area contributed by atoms with Crippen molar-refractivity contribution in [2.75, 3.05) is 0 Å². The van der Waals surface area contributed by atoms with Gasteiger partial charge in [-0.3, -0.25) is 0 Å². The molecule has 0 fully saturated rings. The van der Waals surface area contributed by atoms with Crippen molar-refractivity contribution in [1.82, 2.24) is 0 Å². The minimum Gasteiger partial charge on any atom is -0.302 e. The molecule has 0 aliphatic carbocycles. The smallest absolute Gasteiger partial charge is 0.130 e. The van der Waals surface area contributed by atoms with Crippen LogP contribution in [0, 0.1) is 5.41 Å². The Balaban J connectivity index is 0.000000249. The van der Waals surface area contributed by atoms with E-state index in [1.54, 1.807) is 0 Å². The highest BCUT2D eigenvalue weighted by molar-refractivity contribution is 7.79. The molecule has 0 amide bonds. The monoisotopic (exact) mass is 472 g/mol. The van der Waals surface area contributed by atoms with Crippen LogP contribution in [0.4, 0.5) is 0 Å². The van der Waals surface area contributed by atoms with Crippen LogP contribution in [0.3, 0.4) is 0 Å². The Morgan fingerprint density at radius 1 is 0.735 bits per heavy atom. The topological polar surface area (TPSA) is 17.1 Å². The molecule has 0 aliphatic heterocycles. The molecule has 1 unspecified atom stereocenters. The second kappa shape index (κ2) is 15.4. The van der Waals surface area contributed by atoms with E-state index in [1.165, 1.54) is 28.8 Å². The minimum absolute atomic E-state index is 0.231. The molecule has 2 heteroatoms. The largest absolute Gasteiger partial charge is 0.302 e. The van der Waals surface area contributed by atoms with Crippen LogP contribution < -0.4 is 15.9 Å². The van der Waals surface area contributed by atoms with Gasteiger partial charge in [0, 0.05) is 5.41 Å². The summed E-state index contributed by atoms with van der Waals surface area (Å²) in [5, 5.41) is 4.19. The number of carbonyl (C=O) groups is 1. The highest BCUT2D eigenvalue weighted by Crippen LogP contribution is 2.36.